The molecule has 0 bridgehead atoms. The minimum atomic E-state index is 0.225. The van der Waals surface area contributed by atoms with Crippen molar-refractivity contribution < 1.29 is 0 Å². The Bertz CT molecular complexity index is 1110. The summed E-state index contributed by atoms with van der Waals surface area (Å²) < 4.78 is 1.15. The molecule has 25 heavy (non-hydrogen) atoms. The number of aromatic nitrogens is 1. The standard InChI is InChI=1S/C22H19NOS/c24-21-16-11-5-4-10-15(16)20-22(19(21)14-8-2-1-3-9-14)25-18-13-7-6-12-17(18)23-20/h4-7,10-14H,1-3,8-9H2. The van der Waals surface area contributed by atoms with Crippen molar-refractivity contribution in [2.75, 3.05) is 0 Å². The molecule has 0 radical (unpaired) electrons. The number of hydrogen-bond acceptors (Lipinski definition) is 3. The molecule has 124 valence electrons. The zero-order valence-corrected chi connectivity index (χ0v) is 14.8. The third-order valence-electron chi connectivity index (χ3n) is 5.45. The highest BCUT2D eigenvalue weighted by Crippen LogP contribution is 2.42. The Labute approximate surface area is 150 Å². The lowest BCUT2D eigenvalue weighted by Crippen LogP contribution is -2.18. The van der Waals surface area contributed by atoms with Gasteiger partial charge in [0.25, 0.3) is 0 Å². The summed E-state index contributed by atoms with van der Waals surface area (Å²) in [6, 6.07) is 16.2. The molecule has 0 aromatic heterocycles. The normalized spacial score (nSPS) is 16.0. The lowest BCUT2D eigenvalue weighted by atomic mass is 9.82. The highest BCUT2D eigenvalue weighted by atomic mass is 32.1. The number of hydrogen-bond donors (Lipinski definition) is 0. The second-order valence-corrected chi connectivity index (χ2v) is 8.03. The van der Waals surface area contributed by atoms with Crippen LogP contribution in [-0.2, 0) is 0 Å². The van der Waals surface area contributed by atoms with Gasteiger partial charge in [0.15, 0.2) is 5.43 Å². The second-order valence-electron chi connectivity index (χ2n) is 6.98. The molecule has 5 rings (SSSR count). The molecule has 1 heterocycles. The topological polar surface area (TPSA) is 30.0 Å². The summed E-state index contributed by atoms with van der Waals surface area (Å²) in [7, 11) is 0. The highest BCUT2D eigenvalue weighted by Gasteiger charge is 2.27. The molecule has 1 aliphatic heterocycles. The Balaban J connectivity index is 1.94. The van der Waals surface area contributed by atoms with E-state index in [-0.39, 0.29) is 5.43 Å². The molecule has 2 aromatic carbocycles. The van der Waals surface area contributed by atoms with E-state index in [2.05, 4.69) is 12.1 Å². The maximum absolute atomic E-state index is 13.4. The summed E-state index contributed by atoms with van der Waals surface area (Å²) in [5, 5.41) is 1.81. The van der Waals surface area contributed by atoms with Crippen LogP contribution in [-0.4, -0.2) is 4.98 Å². The molecular formula is C22H19NOS. The number of rotatable bonds is 1. The first kappa shape index (κ1) is 15.0. The molecule has 2 aromatic rings. The van der Waals surface area contributed by atoms with Gasteiger partial charge in [-0.25, -0.2) is 4.98 Å². The minimum absolute atomic E-state index is 0.225. The van der Waals surface area contributed by atoms with Crippen LogP contribution in [0.3, 0.4) is 0 Å². The Hall–Kier alpha value is -2.26. The fourth-order valence-corrected chi connectivity index (χ4v) is 5.43. The molecule has 1 saturated carbocycles. The van der Waals surface area contributed by atoms with Crippen LogP contribution in [0.1, 0.15) is 43.6 Å². The third kappa shape index (κ3) is 2.37. The van der Waals surface area contributed by atoms with Gasteiger partial charge in [0.2, 0.25) is 0 Å². The van der Waals surface area contributed by atoms with E-state index in [9.17, 15) is 4.79 Å². The third-order valence-corrected chi connectivity index (χ3v) is 6.64. The lowest BCUT2D eigenvalue weighted by Gasteiger charge is -2.24. The molecule has 0 saturated heterocycles. The van der Waals surface area contributed by atoms with Crippen LogP contribution in [0.4, 0.5) is 0 Å². The summed E-state index contributed by atoms with van der Waals surface area (Å²) in [6.07, 6.45) is 6.00. The van der Waals surface area contributed by atoms with Crippen LogP contribution in [0.5, 0.6) is 0 Å². The van der Waals surface area contributed by atoms with Crippen LogP contribution in [0.25, 0.3) is 31.6 Å². The molecule has 0 atom stereocenters. The zero-order chi connectivity index (χ0) is 16.8. The molecule has 2 aliphatic carbocycles. The summed E-state index contributed by atoms with van der Waals surface area (Å²) >= 11 is 1.74. The molecule has 0 spiro atoms. The number of benzene rings is 3. The molecule has 0 N–H and O–H groups in total. The van der Waals surface area contributed by atoms with E-state index in [0.717, 1.165) is 50.0 Å². The van der Waals surface area contributed by atoms with E-state index in [1.165, 1.54) is 19.3 Å². The van der Waals surface area contributed by atoms with Crippen LogP contribution in [0.15, 0.2) is 53.3 Å². The Morgan fingerprint density at radius 1 is 0.880 bits per heavy atom. The van der Waals surface area contributed by atoms with Gasteiger partial charge in [0.05, 0.1) is 20.8 Å². The van der Waals surface area contributed by atoms with Crippen LogP contribution < -0.4 is 5.43 Å². The first-order valence-electron chi connectivity index (χ1n) is 9.07. The average molecular weight is 345 g/mol. The van der Waals surface area contributed by atoms with Crippen molar-refractivity contribution in [3.8, 4) is 10.6 Å². The maximum Gasteiger partial charge on any atom is 0.191 e. The summed E-state index contributed by atoms with van der Waals surface area (Å²) in [6.45, 7) is 0. The van der Waals surface area contributed by atoms with Gasteiger partial charge in [0, 0.05) is 16.3 Å². The van der Waals surface area contributed by atoms with E-state index < -0.39 is 0 Å². The van der Waals surface area contributed by atoms with E-state index >= 15 is 0 Å². The average Bonchev–Trinajstić information content (AvgIpc) is 2.68. The van der Waals surface area contributed by atoms with Crippen molar-refractivity contribution in [2.24, 2.45) is 0 Å². The quantitative estimate of drug-likeness (QED) is 0.314. The second kappa shape index (κ2) is 5.92. The first-order chi connectivity index (χ1) is 12.3. The van der Waals surface area contributed by atoms with Crippen LogP contribution in [0.2, 0.25) is 0 Å². The number of para-hydroxylation sites is 1. The van der Waals surface area contributed by atoms with E-state index in [4.69, 9.17) is 4.98 Å². The highest BCUT2D eigenvalue weighted by molar-refractivity contribution is 7.21. The smallest absolute Gasteiger partial charge is 0.191 e. The fraction of sp³-hybridized carbons (Fsp3) is 0.273. The van der Waals surface area contributed by atoms with Gasteiger partial charge in [0.1, 0.15) is 0 Å². The molecule has 3 heteroatoms. The molecular weight excluding hydrogens is 326 g/mol. The monoisotopic (exact) mass is 345 g/mol. The van der Waals surface area contributed by atoms with Crippen molar-refractivity contribution in [1.82, 2.24) is 4.98 Å². The van der Waals surface area contributed by atoms with Gasteiger partial charge in [-0.1, -0.05) is 55.7 Å². The predicted molar refractivity (Wildman–Crippen MR) is 106 cm³/mol. The van der Waals surface area contributed by atoms with Crippen molar-refractivity contribution >= 4 is 32.3 Å². The predicted octanol–water partition coefficient (Wildman–Crippen LogP) is 5.96. The van der Waals surface area contributed by atoms with Gasteiger partial charge in [-0.05, 0) is 30.9 Å². The number of nitrogens with zero attached hydrogens (tertiary/aromatic N) is 1. The van der Waals surface area contributed by atoms with Gasteiger partial charge < -0.3 is 0 Å². The Morgan fingerprint density at radius 3 is 2.44 bits per heavy atom. The Morgan fingerprint density at radius 2 is 1.60 bits per heavy atom. The van der Waals surface area contributed by atoms with Crippen LogP contribution in [0, 0.1) is 0 Å². The fourth-order valence-electron chi connectivity index (χ4n) is 4.23. The lowest BCUT2D eigenvalue weighted by molar-refractivity contribution is 0.443. The first-order valence-corrected chi connectivity index (χ1v) is 9.89. The maximum atomic E-state index is 13.4. The molecule has 1 fully saturated rings. The van der Waals surface area contributed by atoms with Crippen molar-refractivity contribution in [1.29, 1.82) is 0 Å². The summed E-state index contributed by atoms with van der Waals surface area (Å²) in [4.78, 5) is 19.4. The van der Waals surface area contributed by atoms with Crippen molar-refractivity contribution in [2.45, 2.75) is 38.0 Å². The van der Waals surface area contributed by atoms with Gasteiger partial charge in [-0.15, -0.1) is 11.3 Å². The van der Waals surface area contributed by atoms with Gasteiger partial charge >= 0.3 is 0 Å². The summed E-state index contributed by atoms with van der Waals surface area (Å²) in [5.41, 5.74) is 3.26. The molecule has 0 unspecified atom stereocenters. The minimum Gasteiger partial charge on any atom is -0.289 e. The van der Waals surface area contributed by atoms with E-state index in [0.29, 0.717) is 5.92 Å². The van der Waals surface area contributed by atoms with Gasteiger partial charge in [-0.3, -0.25) is 4.79 Å². The van der Waals surface area contributed by atoms with Crippen molar-refractivity contribution in [3.63, 3.8) is 0 Å². The number of fused-ring (bicyclic) bond motifs is 4. The van der Waals surface area contributed by atoms with E-state index in [1.807, 2.05) is 36.4 Å². The SMILES string of the molecule is O=c1c(C2CCCCC2)c2sc3ccccc3nc-2c2ccccc12. The van der Waals surface area contributed by atoms with E-state index in [1.54, 1.807) is 11.3 Å². The summed E-state index contributed by atoms with van der Waals surface area (Å²) in [5.74, 6) is 0.382. The molecule has 3 aliphatic rings. The van der Waals surface area contributed by atoms with Gasteiger partial charge in [-0.2, -0.15) is 0 Å². The largest absolute Gasteiger partial charge is 0.289 e. The van der Waals surface area contributed by atoms with Crippen LogP contribution >= 0.6 is 11.3 Å². The molecule has 0 amide bonds. The molecule has 2 nitrogen and oxygen atoms in total. The zero-order valence-electron chi connectivity index (χ0n) is 14.0. The Kier molecular flexibility index (Phi) is 3.56. The van der Waals surface area contributed by atoms with Crippen molar-refractivity contribution in [3.05, 3.63) is 64.3 Å².